The number of allylic oxidation sites excluding steroid dienone is 2. The Morgan fingerprint density at radius 1 is 1.06 bits per heavy atom. The molecule has 0 aliphatic rings. The molecule has 1 aromatic heterocycles. The van der Waals surface area contributed by atoms with Gasteiger partial charge in [0, 0.05) is 25.9 Å². The topological polar surface area (TPSA) is 34.5 Å². The van der Waals surface area contributed by atoms with Gasteiger partial charge in [-0.25, -0.2) is 0 Å². The Morgan fingerprint density at radius 2 is 1.78 bits per heavy atom. The SMILES string of the molecule is C=C(CC)Cc1ccn(OCc2ccccc2)c1C=C(C)c1cccc(C(=O)N(C)C)c1. The molecule has 4 heteroatoms. The average Bonchev–Trinajstić information content (AvgIpc) is 3.18. The normalized spacial score (nSPS) is 11.3. The zero-order chi connectivity index (χ0) is 23.1. The molecule has 32 heavy (non-hydrogen) atoms. The molecular formula is C28H32N2O2. The lowest BCUT2D eigenvalue weighted by Crippen LogP contribution is -2.21. The average molecular weight is 429 g/mol. The fourth-order valence-corrected chi connectivity index (χ4v) is 3.44. The van der Waals surface area contributed by atoms with Gasteiger partial charge in [-0.1, -0.05) is 61.5 Å². The molecular weight excluding hydrogens is 396 g/mol. The van der Waals surface area contributed by atoms with Crippen LogP contribution in [0.1, 0.15) is 53.0 Å². The van der Waals surface area contributed by atoms with Crippen LogP contribution in [-0.4, -0.2) is 29.6 Å². The molecule has 0 saturated heterocycles. The molecule has 0 N–H and O–H groups in total. The molecule has 3 rings (SSSR count). The minimum absolute atomic E-state index is 0.00541. The summed E-state index contributed by atoms with van der Waals surface area (Å²) in [6.07, 6.45) is 5.83. The van der Waals surface area contributed by atoms with Crippen LogP contribution in [0, 0.1) is 0 Å². The number of rotatable bonds is 9. The number of aromatic nitrogens is 1. The molecule has 166 valence electrons. The Labute approximate surface area is 191 Å². The summed E-state index contributed by atoms with van der Waals surface area (Å²) in [5.74, 6) is -0.00541. The molecule has 1 heterocycles. The predicted molar refractivity (Wildman–Crippen MR) is 132 cm³/mol. The van der Waals surface area contributed by atoms with Crippen molar-refractivity contribution < 1.29 is 9.63 Å². The second-order valence-electron chi connectivity index (χ2n) is 8.20. The van der Waals surface area contributed by atoms with Crippen LogP contribution < -0.4 is 4.84 Å². The summed E-state index contributed by atoms with van der Waals surface area (Å²) in [6.45, 7) is 8.85. The lowest BCUT2D eigenvalue weighted by molar-refractivity contribution is 0.0827. The molecule has 3 aromatic rings. The maximum atomic E-state index is 12.4. The van der Waals surface area contributed by atoms with Crippen molar-refractivity contribution in [1.29, 1.82) is 0 Å². The molecule has 0 atom stereocenters. The third-order valence-electron chi connectivity index (χ3n) is 5.46. The summed E-state index contributed by atoms with van der Waals surface area (Å²) in [7, 11) is 3.53. The number of carbonyl (C=O) groups excluding carboxylic acids is 1. The van der Waals surface area contributed by atoms with E-state index in [1.165, 1.54) is 11.1 Å². The van der Waals surface area contributed by atoms with Crippen LogP contribution in [0.15, 0.2) is 79.0 Å². The van der Waals surface area contributed by atoms with E-state index in [1.54, 1.807) is 19.0 Å². The van der Waals surface area contributed by atoms with Gasteiger partial charge < -0.3 is 9.74 Å². The van der Waals surface area contributed by atoms with Crippen molar-refractivity contribution >= 4 is 17.6 Å². The Kier molecular flexibility index (Phi) is 7.72. The highest BCUT2D eigenvalue weighted by molar-refractivity contribution is 5.95. The summed E-state index contributed by atoms with van der Waals surface area (Å²) >= 11 is 0. The van der Waals surface area contributed by atoms with Gasteiger partial charge in [0.1, 0.15) is 6.61 Å². The smallest absolute Gasteiger partial charge is 0.253 e. The van der Waals surface area contributed by atoms with Gasteiger partial charge in [0.25, 0.3) is 5.91 Å². The molecule has 0 radical (unpaired) electrons. The Hall–Kier alpha value is -3.53. The van der Waals surface area contributed by atoms with Crippen LogP contribution in [0.4, 0.5) is 0 Å². The molecule has 0 fully saturated rings. The molecule has 2 aromatic carbocycles. The molecule has 0 bridgehead atoms. The van der Waals surface area contributed by atoms with Crippen LogP contribution in [-0.2, 0) is 13.0 Å². The van der Waals surface area contributed by atoms with E-state index in [0.717, 1.165) is 35.2 Å². The number of hydrogen-bond donors (Lipinski definition) is 0. The highest BCUT2D eigenvalue weighted by Gasteiger charge is 2.12. The van der Waals surface area contributed by atoms with Crippen LogP contribution in [0.25, 0.3) is 11.6 Å². The van der Waals surface area contributed by atoms with E-state index in [4.69, 9.17) is 4.84 Å². The monoisotopic (exact) mass is 428 g/mol. The van der Waals surface area contributed by atoms with Gasteiger partial charge in [0.15, 0.2) is 0 Å². The maximum Gasteiger partial charge on any atom is 0.253 e. The van der Waals surface area contributed by atoms with Gasteiger partial charge in [-0.3, -0.25) is 4.79 Å². The van der Waals surface area contributed by atoms with E-state index in [0.29, 0.717) is 12.2 Å². The molecule has 0 unspecified atom stereocenters. The molecule has 4 nitrogen and oxygen atoms in total. The highest BCUT2D eigenvalue weighted by atomic mass is 16.7. The fraction of sp³-hybridized carbons (Fsp3) is 0.250. The summed E-state index contributed by atoms with van der Waals surface area (Å²) in [4.78, 5) is 20.1. The Balaban J connectivity index is 1.94. The minimum atomic E-state index is -0.00541. The van der Waals surface area contributed by atoms with Crippen molar-refractivity contribution in [3.05, 3.63) is 107 Å². The Bertz CT molecular complexity index is 1110. The summed E-state index contributed by atoms with van der Waals surface area (Å²) in [5.41, 5.74) is 7.20. The quantitative estimate of drug-likeness (QED) is 0.398. The number of amides is 1. The van der Waals surface area contributed by atoms with E-state index in [1.807, 2.05) is 53.4 Å². The zero-order valence-corrected chi connectivity index (χ0v) is 19.5. The largest absolute Gasteiger partial charge is 0.409 e. The van der Waals surface area contributed by atoms with Crippen molar-refractivity contribution in [3.8, 4) is 0 Å². The van der Waals surface area contributed by atoms with E-state index >= 15 is 0 Å². The number of carbonyl (C=O) groups is 1. The van der Waals surface area contributed by atoms with Crippen LogP contribution >= 0.6 is 0 Å². The van der Waals surface area contributed by atoms with E-state index in [-0.39, 0.29) is 5.91 Å². The second kappa shape index (κ2) is 10.7. The van der Waals surface area contributed by atoms with E-state index in [9.17, 15) is 4.79 Å². The van der Waals surface area contributed by atoms with Gasteiger partial charge in [-0.15, -0.1) is 0 Å². The lowest BCUT2D eigenvalue weighted by atomic mass is 10.0. The summed E-state index contributed by atoms with van der Waals surface area (Å²) in [6, 6.07) is 20.0. The first kappa shape index (κ1) is 23.1. The van der Waals surface area contributed by atoms with Gasteiger partial charge in [-0.2, -0.15) is 4.73 Å². The highest BCUT2D eigenvalue weighted by Crippen LogP contribution is 2.24. The van der Waals surface area contributed by atoms with Crippen molar-refractivity contribution in [1.82, 2.24) is 9.63 Å². The molecule has 0 spiro atoms. The third kappa shape index (κ3) is 5.79. The van der Waals surface area contributed by atoms with E-state index < -0.39 is 0 Å². The molecule has 0 aliphatic heterocycles. The number of nitrogens with zero attached hydrogens (tertiary/aromatic N) is 2. The predicted octanol–water partition coefficient (Wildman–Crippen LogP) is 5.89. The lowest BCUT2D eigenvalue weighted by Gasteiger charge is -2.13. The van der Waals surface area contributed by atoms with Crippen molar-refractivity contribution in [2.24, 2.45) is 0 Å². The first-order chi connectivity index (χ1) is 15.4. The standard InChI is InChI=1S/C28H32N2O2/c1-6-21(2)17-25-15-16-30(32-20-23-11-8-7-9-12-23)27(25)18-22(3)24-13-10-14-26(19-24)28(31)29(4)5/h7-16,18-19H,2,6,17,20H2,1,3-5H3. The Morgan fingerprint density at radius 3 is 2.47 bits per heavy atom. The fourth-order valence-electron chi connectivity index (χ4n) is 3.44. The molecule has 0 saturated carbocycles. The van der Waals surface area contributed by atoms with Gasteiger partial charge in [0.2, 0.25) is 0 Å². The van der Waals surface area contributed by atoms with Crippen molar-refractivity contribution in [3.63, 3.8) is 0 Å². The summed E-state index contributed by atoms with van der Waals surface area (Å²) in [5, 5.41) is 0. The van der Waals surface area contributed by atoms with Crippen LogP contribution in [0.2, 0.25) is 0 Å². The van der Waals surface area contributed by atoms with E-state index in [2.05, 4.69) is 44.7 Å². The van der Waals surface area contributed by atoms with Crippen molar-refractivity contribution in [2.45, 2.75) is 33.3 Å². The molecule has 0 aliphatic carbocycles. The van der Waals surface area contributed by atoms with Crippen LogP contribution in [0.3, 0.4) is 0 Å². The van der Waals surface area contributed by atoms with Crippen LogP contribution in [0.5, 0.6) is 0 Å². The van der Waals surface area contributed by atoms with Gasteiger partial charge >= 0.3 is 0 Å². The third-order valence-corrected chi connectivity index (χ3v) is 5.46. The van der Waals surface area contributed by atoms with Crippen molar-refractivity contribution in [2.75, 3.05) is 14.1 Å². The van der Waals surface area contributed by atoms with Gasteiger partial charge in [0.05, 0.1) is 5.69 Å². The number of benzene rings is 2. The second-order valence-corrected chi connectivity index (χ2v) is 8.20. The molecule has 1 amide bonds. The maximum absolute atomic E-state index is 12.4. The zero-order valence-electron chi connectivity index (χ0n) is 19.5. The first-order valence-electron chi connectivity index (χ1n) is 10.9. The minimum Gasteiger partial charge on any atom is -0.409 e. The number of hydrogen-bond acceptors (Lipinski definition) is 2. The first-order valence-corrected chi connectivity index (χ1v) is 10.9. The summed E-state index contributed by atoms with van der Waals surface area (Å²) < 4.78 is 1.84. The van der Waals surface area contributed by atoms with Gasteiger partial charge in [-0.05, 0) is 66.3 Å².